The minimum Gasteiger partial charge on any atom is -0.423 e. The number of fused-ring (bicyclic) bond motifs is 1. The molecule has 0 aromatic heterocycles. The Morgan fingerprint density at radius 1 is 1.58 bits per heavy atom. The fourth-order valence-corrected chi connectivity index (χ4v) is 1.31. The molecule has 1 aromatic rings. The van der Waals surface area contributed by atoms with Gasteiger partial charge in [0.2, 0.25) is 0 Å². The number of aldehydes is 1. The van der Waals surface area contributed by atoms with E-state index < -0.39 is 7.12 Å². The van der Waals surface area contributed by atoms with E-state index in [2.05, 4.69) is 0 Å². The van der Waals surface area contributed by atoms with Gasteiger partial charge in [-0.3, -0.25) is 4.79 Å². The molecule has 0 radical (unpaired) electrons. The van der Waals surface area contributed by atoms with Crippen LogP contribution in [0.4, 0.5) is 0 Å². The lowest BCUT2D eigenvalue weighted by Gasteiger charge is -1.97. The van der Waals surface area contributed by atoms with Crippen LogP contribution in [0.5, 0.6) is 0 Å². The van der Waals surface area contributed by atoms with Crippen LogP contribution in [0.2, 0.25) is 0 Å². The first-order valence-electron chi connectivity index (χ1n) is 3.69. The van der Waals surface area contributed by atoms with Crippen LogP contribution >= 0.6 is 0 Å². The molecule has 4 heteroatoms. The maximum Gasteiger partial charge on any atom is 0.491 e. The van der Waals surface area contributed by atoms with Gasteiger partial charge in [-0.15, -0.1) is 0 Å². The van der Waals surface area contributed by atoms with Crippen molar-refractivity contribution in [1.82, 2.24) is 0 Å². The molecule has 0 saturated heterocycles. The van der Waals surface area contributed by atoms with Crippen molar-refractivity contribution in [1.29, 1.82) is 0 Å². The maximum atomic E-state index is 10.4. The molecule has 2 rings (SSSR count). The SMILES string of the molecule is O=Cc1ccc2c(c1)B(O)OC2. The van der Waals surface area contributed by atoms with Gasteiger partial charge >= 0.3 is 7.12 Å². The molecule has 0 saturated carbocycles. The largest absolute Gasteiger partial charge is 0.491 e. The quantitative estimate of drug-likeness (QED) is 0.456. The molecule has 3 nitrogen and oxygen atoms in total. The van der Waals surface area contributed by atoms with Gasteiger partial charge in [0, 0.05) is 5.56 Å². The van der Waals surface area contributed by atoms with Crippen LogP contribution in [0, 0.1) is 0 Å². The van der Waals surface area contributed by atoms with E-state index in [1.165, 1.54) is 0 Å². The predicted molar refractivity (Wildman–Crippen MR) is 44.2 cm³/mol. The van der Waals surface area contributed by atoms with Crippen molar-refractivity contribution in [3.05, 3.63) is 29.3 Å². The molecule has 1 aliphatic rings. The van der Waals surface area contributed by atoms with Crippen molar-refractivity contribution >= 4 is 18.9 Å². The molecule has 60 valence electrons. The summed E-state index contributed by atoms with van der Waals surface area (Å²) >= 11 is 0. The molecule has 1 heterocycles. The second kappa shape index (κ2) is 2.73. The summed E-state index contributed by atoms with van der Waals surface area (Å²) in [6.07, 6.45) is 0.755. The normalized spacial score (nSPS) is 14.6. The van der Waals surface area contributed by atoms with Gasteiger partial charge in [0.05, 0.1) is 6.61 Å². The predicted octanol–water partition coefficient (Wildman–Crippen LogP) is -0.283. The van der Waals surface area contributed by atoms with Gasteiger partial charge in [-0.05, 0) is 11.0 Å². The zero-order chi connectivity index (χ0) is 8.55. The van der Waals surface area contributed by atoms with Crippen molar-refractivity contribution < 1.29 is 14.5 Å². The monoisotopic (exact) mass is 162 g/mol. The molecule has 1 aliphatic heterocycles. The Morgan fingerprint density at radius 2 is 2.42 bits per heavy atom. The molecule has 1 N–H and O–H groups in total. The highest BCUT2D eigenvalue weighted by Crippen LogP contribution is 2.09. The Labute approximate surface area is 70.1 Å². The van der Waals surface area contributed by atoms with E-state index in [0.29, 0.717) is 17.6 Å². The number of hydrogen-bond donors (Lipinski definition) is 1. The Morgan fingerprint density at radius 3 is 3.17 bits per heavy atom. The molecule has 0 fully saturated rings. The van der Waals surface area contributed by atoms with Gasteiger partial charge in [-0.1, -0.05) is 18.2 Å². The van der Waals surface area contributed by atoms with Crippen LogP contribution in [0.1, 0.15) is 15.9 Å². The summed E-state index contributed by atoms with van der Waals surface area (Å²) < 4.78 is 4.96. The summed E-state index contributed by atoms with van der Waals surface area (Å²) in [6.45, 7) is 0.426. The van der Waals surface area contributed by atoms with E-state index >= 15 is 0 Å². The average molecular weight is 162 g/mol. The number of hydrogen-bond acceptors (Lipinski definition) is 3. The van der Waals surface area contributed by atoms with Gasteiger partial charge in [-0.2, -0.15) is 0 Å². The number of benzene rings is 1. The topological polar surface area (TPSA) is 46.5 Å². The number of rotatable bonds is 1. The highest BCUT2D eigenvalue weighted by Gasteiger charge is 2.26. The highest BCUT2D eigenvalue weighted by atomic mass is 16.5. The minimum absolute atomic E-state index is 0.426. The lowest BCUT2D eigenvalue weighted by Crippen LogP contribution is -2.28. The molecule has 12 heavy (non-hydrogen) atoms. The van der Waals surface area contributed by atoms with E-state index in [0.717, 1.165) is 11.8 Å². The zero-order valence-electron chi connectivity index (χ0n) is 6.36. The van der Waals surface area contributed by atoms with Crippen LogP contribution in [-0.2, 0) is 11.3 Å². The first kappa shape index (κ1) is 7.52. The van der Waals surface area contributed by atoms with Crippen molar-refractivity contribution in [3.63, 3.8) is 0 Å². The Bertz CT molecular complexity index is 324. The third-order valence-electron chi connectivity index (χ3n) is 1.97. The van der Waals surface area contributed by atoms with E-state index in [4.69, 9.17) is 4.65 Å². The van der Waals surface area contributed by atoms with Crippen molar-refractivity contribution in [2.24, 2.45) is 0 Å². The molecule has 0 amide bonds. The molecule has 0 bridgehead atoms. The van der Waals surface area contributed by atoms with Crippen LogP contribution < -0.4 is 5.46 Å². The van der Waals surface area contributed by atoms with Gasteiger partial charge in [-0.25, -0.2) is 0 Å². The van der Waals surface area contributed by atoms with Crippen molar-refractivity contribution in [2.75, 3.05) is 0 Å². The smallest absolute Gasteiger partial charge is 0.423 e. The first-order valence-corrected chi connectivity index (χ1v) is 3.69. The summed E-state index contributed by atoms with van der Waals surface area (Å²) in [5.41, 5.74) is 2.23. The van der Waals surface area contributed by atoms with Crippen LogP contribution in [0.25, 0.3) is 0 Å². The number of carbonyl (C=O) groups is 1. The van der Waals surface area contributed by atoms with Crippen LogP contribution in [0.3, 0.4) is 0 Å². The van der Waals surface area contributed by atoms with E-state index in [1.54, 1.807) is 18.2 Å². The molecule has 1 aromatic carbocycles. The third kappa shape index (κ3) is 1.05. The highest BCUT2D eigenvalue weighted by molar-refractivity contribution is 6.61. The van der Waals surface area contributed by atoms with E-state index in [-0.39, 0.29) is 0 Å². The third-order valence-corrected chi connectivity index (χ3v) is 1.97. The summed E-state index contributed by atoms with van der Waals surface area (Å²) in [7, 11) is -0.861. The maximum absolute atomic E-state index is 10.4. The first-order chi connectivity index (χ1) is 5.81. The van der Waals surface area contributed by atoms with Crippen LogP contribution in [-0.4, -0.2) is 18.4 Å². The molecular formula is C8H7BO3. The average Bonchev–Trinajstić information content (AvgIpc) is 2.47. The standard InChI is InChI=1S/C8H7BO3/c10-4-6-1-2-7-5-12-9(11)8(7)3-6/h1-4,11H,5H2. The van der Waals surface area contributed by atoms with Gasteiger partial charge in [0.25, 0.3) is 0 Å². The van der Waals surface area contributed by atoms with Gasteiger partial charge in [0.1, 0.15) is 6.29 Å². The Balaban J connectivity index is 2.50. The molecule has 0 spiro atoms. The lowest BCUT2D eigenvalue weighted by molar-refractivity contribution is 0.112. The second-order valence-electron chi connectivity index (χ2n) is 2.74. The summed E-state index contributed by atoms with van der Waals surface area (Å²) in [5.74, 6) is 0. The lowest BCUT2D eigenvalue weighted by atomic mass is 9.79. The zero-order valence-corrected chi connectivity index (χ0v) is 6.36. The van der Waals surface area contributed by atoms with Gasteiger partial charge in [0.15, 0.2) is 0 Å². The summed E-state index contributed by atoms with van der Waals surface area (Å²) in [5, 5.41) is 9.26. The van der Waals surface area contributed by atoms with E-state index in [1.807, 2.05) is 0 Å². The molecule has 0 atom stereocenters. The minimum atomic E-state index is -0.861. The van der Waals surface area contributed by atoms with Crippen LogP contribution in [0.15, 0.2) is 18.2 Å². The molecule has 0 aliphatic carbocycles. The number of carbonyl (C=O) groups excluding carboxylic acids is 1. The van der Waals surface area contributed by atoms with E-state index in [9.17, 15) is 9.82 Å². The van der Waals surface area contributed by atoms with Gasteiger partial charge < -0.3 is 9.68 Å². The van der Waals surface area contributed by atoms with Crippen molar-refractivity contribution in [3.8, 4) is 0 Å². The summed E-state index contributed by atoms with van der Waals surface area (Å²) in [6, 6.07) is 5.17. The Kier molecular flexibility index (Phi) is 1.71. The fourth-order valence-electron chi connectivity index (χ4n) is 1.31. The second-order valence-corrected chi connectivity index (χ2v) is 2.74. The fraction of sp³-hybridized carbons (Fsp3) is 0.125. The Hall–Kier alpha value is -1.13. The van der Waals surface area contributed by atoms with Crippen molar-refractivity contribution in [2.45, 2.75) is 6.61 Å². The molecular weight excluding hydrogens is 155 g/mol. The summed E-state index contributed by atoms with van der Waals surface area (Å²) in [4.78, 5) is 10.4. The molecule has 0 unspecified atom stereocenters.